The Morgan fingerprint density at radius 2 is 1.41 bits per heavy atom. The molecule has 2 unspecified atom stereocenters. The van der Waals surface area contributed by atoms with Crippen LogP contribution >= 0.6 is 24.0 Å². The molecule has 0 spiro atoms. The normalized spacial score (nSPS) is 15.6. The molecule has 0 bridgehead atoms. The molecule has 2 atom stereocenters. The van der Waals surface area contributed by atoms with Crippen molar-refractivity contribution >= 4 is 24.0 Å². The molecular formula is C28H36Cl2N2O5. The van der Waals surface area contributed by atoms with E-state index in [0.29, 0.717) is 22.3 Å². The van der Waals surface area contributed by atoms with Gasteiger partial charge in [0.25, 0.3) is 0 Å². The molecule has 0 radical (unpaired) electrons. The average molecular weight is 552 g/mol. The van der Waals surface area contributed by atoms with Gasteiger partial charge in [-0.2, -0.15) is 0 Å². The van der Waals surface area contributed by atoms with Crippen LogP contribution in [0.25, 0.3) is 0 Å². The third kappa shape index (κ3) is 7.08. The van der Waals surface area contributed by atoms with Gasteiger partial charge in [-0.05, 0) is 34.9 Å². The molecule has 37 heavy (non-hydrogen) atoms. The fourth-order valence-corrected chi connectivity index (χ4v) is 5.05. The van der Waals surface area contributed by atoms with Crippen LogP contribution in [0.4, 0.5) is 0 Å². The van der Waals surface area contributed by atoms with E-state index < -0.39 is 6.10 Å². The summed E-state index contributed by atoms with van der Waals surface area (Å²) in [5.74, 6) is 1.91. The number of nitrogens with zero attached hydrogens (tertiary/aromatic N) is 2. The first kappa shape index (κ1) is 30.7. The second-order valence-electron chi connectivity index (χ2n) is 8.67. The summed E-state index contributed by atoms with van der Waals surface area (Å²) in [6, 6.07) is 21.4. The minimum atomic E-state index is -0.683. The van der Waals surface area contributed by atoms with Gasteiger partial charge in [-0.1, -0.05) is 60.1 Å². The third-order valence-corrected chi connectivity index (χ3v) is 6.94. The van der Waals surface area contributed by atoms with Gasteiger partial charge in [0.05, 0.1) is 33.5 Å². The van der Waals surface area contributed by atoms with Crippen molar-refractivity contribution in [3.05, 3.63) is 88.4 Å². The molecule has 1 saturated heterocycles. The second-order valence-corrected chi connectivity index (χ2v) is 9.07. The van der Waals surface area contributed by atoms with Crippen molar-refractivity contribution < 1.29 is 24.8 Å². The van der Waals surface area contributed by atoms with E-state index in [1.807, 2.05) is 66.7 Å². The maximum Gasteiger partial charge on any atom is 0.203 e. The van der Waals surface area contributed by atoms with Gasteiger partial charge in [-0.25, -0.2) is 0 Å². The van der Waals surface area contributed by atoms with Crippen LogP contribution in [0.1, 0.15) is 28.8 Å². The highest BCUT2D eigenvalue weighted by molar-refractivity contribution is 6.31. The molecule has 1 heterocycles. The number of hydrogen-bond donors (Lipinski definition) is 1. The molecule has 3 N–H and O–H groups in total. The molecule has 1 fully saturated rings. The number of ether oxygens (including phenoxy) is 3. The van der Waals surface area contributed by atoms with Gasteiger partial charge in [0.1, 0.15) is 0 Å². The maximum absolute atomic E-state index is 11.4. The Bertz CT molecular complexity index is 1090. The molecule has 0 aromatic heterocycles. The minimum absolute atomic E-state index is 0. The van der Waals surface area contributed by atoms with Gasteiger partial charge in [0.2, 0.25) is 5.75 Å². The number of halogens is 2. The Hall–Kier alpha value is -2.52. The summed E-state index contributed by atoms with van der Waals surface area (Å²) in [5.41, 5.74) is 2.93. The first-order valence-electron chi connectivity index (χ1n) is 11.8. The van der Waals surface area contributed by atoms with Crippen molar-refractivity contribution in [1.82, 2.24) is 9.80 Å². The van der Waals surface area contributed by atoms with Crippen molar-refractivity contribution in [2.45, 2.75) is 18.7 Å². The van der Waals surface area contributed by atoms with Gasteiger partial charge in [0, 0.05) is 37.7 Å². The summed E-state index contributed by atoms with van der Waals surface area (Å²) in [4.78, 5) is 4.74. The summed E-state index contributed by atoms with van der Waals surface area (Å²) in [7, 11) is 4.87. The first-order chi connectivity index (χ1) is 17.0. The zero-order valence-electron chi connectivity index (χ0n) is 21.4. The molecule has 9 heteroatoms. The Balaban J connectivity index is 0.00000241. The van der Waals surface area contributed by atoms with E-state index in [9.17, 15) is 5.11 Å². The van der Waals surface area contributed by atoms with E-state index in [4.69, 9.17) is 25.8 Å². The fraction of sp³-hybridized carbons (Fsp3) is 0.357. The number of aliphatic hydroxyl groups is 1. The topological polar surface area (TPSA) is 85.9 Å². The molecule has 0 aliphatic carbocycles. The van der Waals surface area contributed by atoms with Crippen molar-refractivity contribution in [1.29, 1.82) is 0 Å². The van der Waals surface area contributed by atoms with Crippen LogP contribution in [-0.4, -0.2) is 67.9 Å². The SMILES string of the molecule is COc1cc(CN2CCN(C(c3ccccc3Cl)C(O)c3ccccc3)CC2)cc(OC)c1OC.Cl.O. The lowest BCUT2D eigenvalue weighted by molar-refractivity contribution is 0.0149. The summed E-state index contributed by atoms with van der Waals surface area (Å²) in [6.07, 6.45) is -0.683. The largest absolute Gasteiger partial charge is 0.493 e. The number of benzene rings is 3. The van der Waals surface area contributed by atoms with Gasteiger partial charge in [0.15, 0.2) is 11.5 Å². The van der Waals surface area contributed by atoms with Crippen LogP contribution in [0.3, 0.4) is 0 Å². The van der Waals surface area contributed by atoms with E-state index in [1.165, 1.54) is 0 Å². The van der Waals surface area contributed by atoms with Gasteiger partial charge < -0.3 is 24.8 Å². The third-order valence-electron chi connectivity index (χ3n) is 6.60. The van der Waals surface area contributed by atoms with Crippen molar-refractivity contribution in [2.75, 3.05) is 47.5 Å². The number of methoxy groups -OCH3 is 3. The zero-order valence-corrected chi connectivity index (χ0v) is 23.0. The summed E-state index contributed by atoms with van der Waals surface area (Å²) >= 11 is 6.61. The number of aliphatic hydroxyl groups excluding tert-OH is 1. The smallest absolute Gasteiger partial charge is 0.203 e. The van der Waals surface area contributed by atoms with Crippen molar-refractivity contribution in [2.24, 2.45) is 0 Å². The Labute approximate surface area is 230 Å². The Kier molecular flexibility index (Phi) is 12.0. The lowest BCUT2D eigenvalue weighted by Crippen LogP contribution is -2.48. The lowest BCUT2D eigenvalue weighted by atomic mass is 9.93. The maximum atomic E-state index is 11.4. The number of rotatable bonds is 9. The highest BCUT2D eigenvalue weighted by atomic mass is 35.5. The average Bonchev–Trinajstić information content (AvgIpc) is 2.90. The quantitative estimate of drug-likeness (QED) is 0.420. The van der Waals surface area contributed by atoms with Gasteiger partial charge >= 0.3 is 0 Å². The summed E-state index contributed by atoms with van der Waals surface area (Å²) in [5, 5.41) is 12.1. The van der Waals surface area contributed by atoms with Gasteiger partial charge in [-0.3, -0.25) is 9.80 Å². The summed E-state index contributed by atoms with van der Waals surface area (Å²) < 4.78 is 16.5. The molecule has 0 amide bonds. The predicted molar refractivity (Wildman–Crippen MR) is 149 cm³/mol. The molecule has 202 valence electrons. The van der Waals surface area contributed by atoms with Crippen LogP contribution in [-0.2, 0) is 6.54 Å². The summed E-state index contributed by atoms with van der Waals surface area (Å²) in [6.45, 7) is 4.11. The predicted octanol–water partition coefficient (Wildman–Crippen LogP) is 4.56. The monoisotopic (exact) mass is 550 g/mol. The number of piperazine rings is 1. The van der Waals surface area contributed by atoms with Crippen LogP contribution in [0, 0.1) is 0 Å². The molecule has 0 saturated carbocycles. The molecule has 3 aromatic rings. The standard InChI is InChI=1S/C28H33ClN2O4.ClH.H2O/c1-33-24-17-20(18-25(34-2)28(24)35-3)19-30-13-15-31(16-14-30)26(22-11-7-8-12-23(22)29)27(32)21-9-5-4-6-10-21;;/h4-12,17-18,26-27,32H,13-16,19H2,1-3H3;1H;1H2. The highest BCUT2D eigenvalue weighted by Gasteiger charge is 2.32. The van der Waals surface area contributed by atoms with Crippen LogP contribution in [0.2, 0.25) is 5.02 Å². The Morgan fingerprint density at radius 1 is 0.838 bits per heavy atom. The van der Waals surface area contributed by atoms with E-state index in [-0.39, 0.29) is 23.9 Å². The van der Waals surface area contributed by atoms with E-state index in [2.05, 4.69) is 9.80 Å². The highest BCUT2D eigenvalue weighted by Crippen LogP contribution is 2.40. The van der Waals surface area contributed by atoms with Crippen molar-refractivity contribution in [3.8, 4) is 17.2 Å². The first-order valence-corrected chi connectivity index (χ1v) is 12.2. The molecule has 1 aliphatic rings. The zero-order chi connectivity index (χ0) is 24.8. The minimum Gasteiger partial charge on any atom is -0.493 e. The lowest BCUT2D eigenvalue weighted by Gasteiger charge is -2.41. The van der Waals surface area contributed by atoms with Crippen molar-refractivity contribution in [3.63, 3.8) is 0 Å². The Morgan fingerprint density at radius 3 is 1.95 bits per heavy atom. The van der Waals surface area contributed by atoms with E-state index in [0.717, 1.165) is 49.4 Å². The van der Waals surface area contributed by atoms with Gasteiger partial charge in [-0.15, -0.1) is 12.4 Å². The molecular weight excluding hydrogens is 515 g/mol. The second kappa shape index (κ2) is 14.4. The number of hydrogen-bond acceptors (Lipinski definition) is 6. The fourth-order valence-electron chi connectivity index (χ4n) is 4.80. The molecule has 3 aromatic carbocycles. The van der Waals surface area contributed by atoms with Crippen LogP contribution in [0.5, 0.6) is 17.2 Å². The van der Waals surface area contributed by atoms with E-state index >= 15 is 0 Å². The molecule has 1 aliphatic heterocycles. The van der Waals surface area contributed by atoms with Crippen LogP contribution in [0.15, 0.2) is 66.7 Å². The van der Waals surface area contributed by atoms with Crippen LogP contribution < -0.4 is 14.2 Å². The molecule has 4 rings (SSSR count). The van der Waals surface area contributed by atoms with E-state index in [1.54, 1.807) is 21.3 Å². The molecule has 7 nitrogen and oxygen atoms in total.